The Bertz CT molecular complexity index is 615. The van der Waals surface area contributed by atoms with Gasteiger partial charge in [0.2, 0.25) is 0 Å². The average Bonchev–Trinajstić information content (AvgIpc) is 3.13. The van der Waals surface area contributed by atoms with E-state index in [1.165, 1.54) is 33.0 Å². The van der Waals surface area contributed by atoms with Crippen molar-refractivity contribution in [2.24, 2.45) is 0 Å². The summed E-state index contributed by atoms with van der Waals surface area (Å²) in [6.45, 7) is 4.33. The minimum atomic E-state index is -0.306. The fourth-order valence-electron chi connectivity index (χ4n) is 2.74. The van der Waals surface area contributed by atoms with Crippen molar-refractivity contribution in [3.8, 4) is 0 Å². The van der Waals surface area contributed by atoms with E-state index in [2.05, 4.69) is 14.5 Å². The molecule has 1 aromatic carbocycles. The normalized spacial score (nSPS) is 15.8. The Balaban J connectivity index is 1.81. The molecule has 3 rings (SSSR count). The van der Waals surface area contributed by atoms with E-state index in [4.69, 9.17) is 4.74 Å². The predicted molar refractivity (Wildman–Crippen MR) is 76.7 cm³/mol. The molecule has 0 atom stereocenters. The molecule has 106 valence electrons. The molecule has 0 spiro atoms. The van der Waals surface area contributed by atoms with E-state index < -0.39 is 0 Å². The van der Waals surface area contributed by atoms with Gasteiger partial charge in [-0.15, -0.1) is 0 Å². The van der Waals surface area contributed by atoms with Crippen molar-refractivity contribution < 1.29 is 9.53 Å². The number of esters is 1. The third-order valence-electron chi connectivity index (χ3n) is 3.90. The molecular formula is C15H19N3O2. The first-order valence-corrected chi connectivity index (χ1v) is 7.03. The van der Waals surface area contributed by atoms with Crippen LogP contribution in [-0.2, 0) is 11.3 Å². The van der Waals surface area contributed by atoms with E-state index in [9.17, 15) is 4.79 Å². The van der Waals surface area contributed by atoms with Gasteiger partial charge in [0.05, 0.1) is 30.0 Å². The van der Waals surface area contributed by atoms with E-state index in [0.29, 0.717) is 5.56 Å². The molecule has 0 bridgehead atoms. The van der Waals surface area contributed by atoms with Crippen molar-refractivity contribution in [3.63, 3.8) is 0 Å². The molecule has 1 aromatic heterocycles. The molecule has 2 heterocycles. The number of fused-ring (bicyclic) bond motifs is 1. The Morgan fingerprint density at radius 3 is 2.85 bits per heavy atom. The smallest absolute Gasteiger partial charge is 0.337 e. The summed E-state index contributed by atoms with van der Waals surface area (Å²) in [6, 6.07) is 5.48. The zero-order valence-corrected chi connectivity index (χ0v) is 11.7. The number of likely N-dealkylation sites (tertiary alicyclic amines) is 1. The van der Waals surface area contributed by atoms with Crippen molar-refractivity contribution in [1.82, 2.24) is 14.5 Å². The summed E-state index contributed by atoms with van der Waals surface area (Å²) in [7, 11) is 1.40. The molecule has 1 saturated heterocycles. The van der Waals surface area contributed by atoms with Crippen molar-refractivity contribution >= 4 is 17.0 Å². The molecule has 5 heteroatoms. The van der Waals surface area contributed by atoms with Gasteiger partial charge in [-0.1, -0.05) is 0 Å². The Hall–Kier alpha value is -1.88. The first-order chi connectivity index (χ1) is 9.78. The Morgan fingerprint density at radius 1 is 1.30 bits per heavy atom. The van der Waals surface area contributed by atoms with Crippen LogP contribution in [0.5, 0.6) is 0 Å². The molecule has 0 saturated carbocycles. The molecule has 20 heavy (non-hydrogen) atoms. The lowest BCUT2D eigenvalue weighted by Crippen LogP contribution is -2.23. The van der Waals surface area contributed by atoms with Crippen LogP contribution in [-0.4, -0.2) is 47.2 Å². The van der Waals surface area contributed by atoms with E-state index >= 15 is 0 Å². The fourth-order valence-corrected chi connectivity index (χ4v) is 2.74. The van der Waals surface area contributed by atoms with Gasteiger partial charge < -0.3 is 14.2 Å². The van der Waals surface area contributed by atoms with Crippen molar-refractivity contribution in [2.45, 2.75) is 19.4 Å². The minimum absolute atomic E-state index is 0.306. The van der Waals surface area contributed by atoms with Crippen molar-refractivity contribution in [1.29, 1.82) is 0 Å². The molecule has 0 amide bonds. The van der Waals surface area contributed by atoms with E-state index in [1.807, 2.05) is 18.5 Å². The number of methoxy groups -OCH3 is 1. The number of hydrogen-bond donors (Lipinski definition) is 0. The van der Waals surface area contributed by atoms with Gasteiger partial charge in [0.1, 0.15) is 0 Å². The van der Waals surface area contributed by atoms with Gasteiger partial charge in [-0.05, 0) is 44.1 Å². The zero-order valence-electron chi connectivity index (χ0n) is 11.7. The highest BCUT2D eigenvalue weighted by atomic mass is 16.5. The summed E-state index contributed by atoms with van der Waals surface area (Å²) < 4.78 is 6.88. The standard InChI is InChI=1S/C15H19N3O2/c1-20-15(19)12-4-5-13-14(10-12)18(11-16-13)9-8-17-6-2-3-7-17/h4-5,10-11H,2-3,6-9H2,1H3. The second-order valence-corrected chi connectivity index (χ2v) is 5.18. The number of hydrogen-bond acceptors (Lipinski definition) is 4. The van der Waals surface area contributed by atoms with Crippen LogP contribution in [0.1, 0.15) is 23.2 Å². The van der Waals surface area contributed by atoms with Crippen LogP contribution in [0.4, 0.5) is 0 Å². The molecule has 1 aliphatic rings. The monoisotopic (exact) mass is 273 g/mol. The largest absolute Gasteiger partial charge is 0.465 e. The molecule has 5 nitrogen and oxygen atoms in total. The number of aromatic nitrogens is 2. The van der Waals surface area contributed by atoms with Gasteiger partial charge in [0.25, 0.3) is 0 Å². The number of imidazole rings is 1. The highest BCUT2D eigenvalue weighted by Crippen LogP contribution is 2.16. The lowest BCUT2D eigenvalue weighted by molar-refractivity contribution is 0.0601. The molecule has 0 aliphatic carbocycles. The van der Waals surface area contributed by atoms with E-state index in [1.54, 1.807) is 6.07 Å². The highest BCUT2D eigenvalue weighted by molar-refractivity contribution is 5.93. The molecule has 1 fully saturated rings. The summed E-state index contributed by atoms with van der Waals surface area (Å²) in [6.07, 6.45) is 4.45. The minimum Gasteiger partial charge on any atom is -0.465 e. The van der Waals surface area contributed by atoms with Crippen molar-refractivity contribution in [3.05, 3.63) is 30.1 Å². The molecule has 0 N–H and O–H groups in total. The first-order valence-electron chi connectivity index (χ1n) is 7.03. The summed E-state index contributed by atoms with van der Waals surface area (Å²) in [5.41, 5.74) is 2.48. The second-order valence-electron chi connectivity index (χ2n) is 5.18. The lowest BCUT2D eigenvalue weighted by atomic mass is 10.2. The van der Waals surface area contributed by atoms with Crippen LogP contribution in [0, 0.1) is 0 Å². The summed E-state index contributed by atoms with van der Waals surface area (Å²) in [5, 5.41) is 0. The highest BCUT2D eigenvalue weighted by Gasteiger charge is 2.13. The summed E-state index contributed by atoms with van der Waals surface area (Å²) in [4.78, 5) is 18.4. The maximum absolute atomic E-state index is 11.6. The second kappa shape index (κ2) is 5.63. The topological polar surface area (TPSA) is 47.4 Å². The number of benzene rings is 1. The van der Waals surface area contributed by atoms with Crippen LogP contribution in [0.15, 0.2) is 24.5 Å². The Kier molecular flexibility index (Phi) is 3.69. The van der Waals surface area contributed by atoms with Gasteiger partial charge in [-0.3, -0.25) is 0 Å². The summed E-state index contributed by atoms with van der Waals surface area (Å²) >= 11 is 0. The molecule has 2 aromatic rings. The SMILES string of the molecule is COC(=O)c1ccc2ncn(CCN3CCCC3)c2c1. The van der Waals surface area contributed by atoms with Crippen LogP contribution in [0.2, 0.25) is 0 Å². The maximum Gasteiger partial charge on any atom is 0.337 e. The lowest BCUT2D eigenvalue weighted by Gasteiger charge is -2.15. The first kappa shape index (κ1) is 13.1. The van der Waals surface area contributed by atoms with Crippen LogP contribution in [0.25, 0.3) is 11.0 Å². The Labute approximate surface area is 118 Å². The predicted octanol–water partition coefficient (Wildman–Crippen LogP) is 1.92. The number of rotatable bonds is 4. The van der Waals surface area contributed by atoms with Gasteiger partial charge in [-0.25, -0.2) is 9.78 Å². The number of carbonyl (C=O) groups is 1. The molecule has 0 unspecified atom stereocenters. The number of carbonyl (C=O) groups excluding carboxylic acids is 1. The maximum atomic E-state index is 11.6. The van der Waals surface area contributed by atoms with E-state index in [-0.39, 0.29) is 5.97 Å². The van der Waals surface area contributed by atoms with Crippen LogP contribution >= 0.6 is 0 Å². The third kappa shape index (κ3) is 2.54. The molecular weight excluding hydrogens is 254 g/mol. The summed E-state index contributed by atoms with van der Waals surface area (Å²) in [5.74, 6) is -0.306. The molecule has 0 radical (unpaired) electrons. The third-order valence-corrected chi connectivity index (χ3v) is 3.90. The Morgan fingerprint density at radius 2 is 2.10 bits per heavy atom. The van der Waals surface area contributed by atoms with Gasteiger partial charge >= 0.3 is 5.97 Å². The van der Waals surface area contributed by atoms with Gasteiger partial charge in [0, 0.05) is 13.1 Å². The number of nitrogens with zero attached hydrogens (tertiary/aromatic N) is 3. The van der Waals surface area contributed by atoms with Crippen LogP contribution < -0.4 is 0 Å². The van der Waals surface area contributed by atoms with Gasteiger partial charge in [0.15, 0.2) is 0 Å². The van der Waals surface area contributed by atoms with Crippen LogP contribution in [0.3, 0.4) is 0 Å². The quantitative estimate of drug-likeness (QED) is 0.799. The van der Waals surface area contributed by atoms with E-state index in [0.717, 1.165) is 24.1 Å². The van der Waals surface area contributed by atoms with Gasteiger partial charge in [-0.2, -0.15) is 0 Å². The number of ether oxygens (including phenoxy) is 1. The zero-order chi connectivity index (χ0) is 13.9. The fraction of sp³-hybridized carbons (Fsp3) is 0.467. The average molecular weight is 273 g/mol. The van der Waals surface area contributed by atoms with Crippen molar-refractivity contribution in [2.75, 3.05) is 26.7 Å². The molecule has 1 aliphatic heterocycles.